The summed E-state index contributed by atoms with van der Waals surface area (Å²) >= 11 is 0. The molecule has 2 N–H and O–H groups in total. The van der Waals surface area contributed by atoms with Crippen LogP contribution in [-0.4, -0.2) is 40.0 Å². The van der Waals surface area contributed by atoms with E-state index in [0.717, 1.165) is 11.1 Å². The molecule has 7 nitrogen and oxygen atoms in total. The number of ether oxygens (including phenoxy) is 1. The lowest BCUT2D eigenvalue weighted by Gasteiger charge is -2.55. The molecule has 1 amide bonds. The Morgan fingerprint density at radius 1 is 1.26 bits per heavy atom. The number of aromatic nitrogens is 1. The van der Waals surface area contributed by atoms with Gasteiger partial charge in [-0.3, -0.25) is 14.6 Å². The quantitative estimate of drug-likeness (QED) is 0.537. The summed E-state index contributed by atoms with van der Waals surface area (Å²) in [5.74, 6) is -5.44. The van der Waals surface area contributed by atoms with Crippen molar-refractivity contribution >= 4 is 18.0 Å². The van der Waals surface area contributed by atoms with Crippen LogP contribution in [0.15, 0.2) is 48.7 Å². The highest BCUT2D eigenvalue weighted by atomic mass is 19.1. The minimum atomic E-state index is -2.14. The largest absolute Gasteiger partial charge is 0.462 e. The van der Waals surface area contributed by atoms with Crippen LogP contribution >= 0.6 is 0 Å². The van der Waals surface area contributed by atoms with Gasteiger partial charge in [0.25, 0.3) is 5.91 Å². The van der Waals surface area contributed by atoms with Crippen LogP contribution in [0.1, 0.15) is 31.5 Å². The van der Waals surface area contributed by atoms with E-state index >= 15 is 4.39 Å². The molecular weight excluding hydrogens is 437 g/mol. The van der Waals surface area contributed by atoms with E-state index in [1.807, 2.05) is 18.2 Å². The fourth-order valence-electron chi connectivity index (χ4n) is 6.00. The Morgan fingerprint density at radius 2 is 2.03 bits per heavy atom. The monoisotopic (exact) mass is 461 g/mol. The van der Waals surface area contributed by atoms with Crippen molar-refractivity contribution in [2.45, 2.75) is 38.3 Å². The number of hydrogen-bond donors (Lipinski definition) is 2. The Kier molecular flexibility index (Phi) is 5.06. The third-order valence-corrected chi connectivity index (χ3v) is 7.74. The van der Waals surface area contributed by atoms with Crippen molar-refractivity contribution in [3.05, 3.63) is 59.9 Å². The first kappa shape index (κ1) is 22.2. The van der Waals surface area contributed by atoms with Gasteiger partial charge in [-0.25, -0.2) is 4.39 Å². The highest BCUT2D eigenvalue weighted by Gasteiger charge is 2.74. The Bertz CT molecular complexity index is 1240. The molecule has 1 aliphatic carbocycles. The molecule has 174 valence electrons. The van der Waals surface area contributed by atoms with Crippen molar-refractivity contribution in [2.75, 3.05) is 0 Å². The molecule has 3 aliphatic rings. The standard InChI is InChI=1S/C26H24FN3O4/c1-14-19(10-9-18-8-7-17(12-29-18)20-6-4-3-5-16(20)11-28)21-15(2)34-24(33)25(21)13-26(14,27)30-23(32)22(25)31/h3-10,12,14-15,19,21-22,31H,13H2,1-2H3,(H,30,32)/b10-9+/t14-,15+,19-,21-,22-,25?,26?/m0/s1. The number of nitrogens with one attached hydrogen (secondary N) is 1. The number of nitrogens with zero attached hydrogens (tertiary/aromatic N) is 2. The summed E-state index contributed by atoms with van der Waals surface area (Å²) in [4.78, 5) is 29.7. The van der Waals surface area contributed by atoms with E-state index in [9.17, 15) is 20.0 Å². The first-order chi connectivity index (χ1) is 16.2. The van der Waals surface area contributed by atoms with Crippen molar-refractivity contribution < 1.29 is 23.8 Å². The number of benzene rings is 1. The molecular formula is C26H24FN3O4. The van der Waals surface area contributed by atoms with Crippen LogP contribution in [0.4, 0.5) is 4.39 Å². The Morgan fingerprint density at radius 3 is 2.74 bits per heavy atom. The van der Waals surface area contributed by atoms with Gasteiger partial charge in [0.2, 0.25) is 0 Å². The Hall–Kier alpha value is -3.57. The highest BCUT2D eigenvalue weighted by molar-refractivity contribution is 5.93. The first-order valence-electron chi connectivity index (χ1n) is 11.2. The van der Waals surface area contributed by atoms with Crippen molar-refractivity contribution in [3.63, 3.8) is 0 Å². The third-order valence-electron chi connectivity index (χ3n) is 7.74. The molecule has 8 heteroatoms. The summed E-state index contributed by atoms with van der Waals surface area (Å²) in [6.07, 6.45) is 2.67. The number of piperidine rings is 1. The average molecular weight is 461 g/mol. The summed E-state index contributed by atoms with van der Waals surface area (Å²) in [5, 5.41) is 22.3. The number of esters is 1. The van der Waals surface area contributed by atoms with E-state index in [-0.39, 0.29) is 6.42 Å². The number of rotatable bonds is 3. The number of nitriles is 1. The maximum absolute atomic E-state index is 15.9. The van der Waals surface area contributed by atoms with E-state index in [1.54, 1.807) is 50.4 Å². The zero-order valence-electron chi connectivity index (χ0n) is 18.7. The number of hydrogen-bond acceptors (Lipinski definition) is 6. The number of amides is 1. The van der Waals surface area contributed by atoms with Crippen molar-refractivity contribution in [1.29, 1.82) is 5.26 Å². The summed E-state index contributed by atoms with van der Waals surface area (Å²) in [7, 11) is 0. The fraction of sp³-hybridized carbons (Fsp3) is 0.385. The van der Waals surface area contributed by atoms with Crippen LogP contribution in [0.25, 0.3) is 17.2 Å². The number of allylic oxidation sites excluding steroid dienone is 1. The molecule has 2 aliphatic heterocycles. The number of aliphatic hydroxyl groups excluding tert-OH is 1. The van der Waals surface area contributed by atoms with Gasteiger partial charge < -0.3 is 15.2 Å². The maximum atomic E-state index is 15.9. The fourth-order valence-corrected chi connectivity index (χ4v) is 6.00. The first-order valence-corrected chi connectivity index (χ1v) is 11.2. The minimum absolute atomic E-state index is 0.308. The number of carbonyl (C=O) groups is 2. The molecule has 1 saturated carbocycles. The van der Waals surface area contributed by atoms with Gasteiger partial charge in [-0.1, -0.05) is 37.3 Å². The van der Waals surface area contributed by atoms with Crippen LogP contribution in [0.2, 0.25) is 0 Å². The number of halogens is 1. The SMILES string of the molecule is C[C@H]1OC(=O)C23CC(F)(NC(=O)[C@@H]2O)[C@@H](C)[C@H](/C=C/c2ccc(-c4ccccc4C#N)cn2)[C@H]13. The molecule has 1 spiro atoms. The number of pyridine rings is 1. The van der Waals surface area contributed by atoms with Gasteiger partial charge in [-0.15, -0.1) is 0 Å². The molecule has 3 heterocycles. The van der Waals surface area contributed by atoms with Crippen molar-refractivity contribution in [1.82, 2.24) is 10.3 Å². The van der Waals surface area contributed by atoms with Gasteiger partial charge in [0.15, 0.2) is 5.79 Å². The van der Waals surface area contributed by atoms with Gasteiger partial charge >= 0.3 is 5.97 Å². The number of alkyl halides is 1. The predicted molar refractivity (Wildman–Crippen MR) is 120 cm³/mol. The number of carbonyl (C=O) groups excluding carboxylic acids is 2. The average Bonchev–Trinajstić information content (AvgIpc) is 3.07. The van der Waals surface area contributed by atoms with E-state index < -0.39 is 53.0 Å². The van der Waals surface area contributed by atoms with Crippen molar-refractivity contribution in [2.24, 2.45) is 23.2 Å². The second-order valence-corrected chi connectivity index (χ2v) is 9.46. The Balaban J connectivity index is 1.48. The number of cyclic esters (lactones) is 1. The Labute approximate surface area is 196 Å². The van der Waals surface area contributed by atoms with E-state index in [2.05, 4.69) is 16.4 Å². The molecule has 2 aromatic rings. The smallest absolute Gasteiger partial charge is 0.316 e. The third kappa shape index (κ3) is 3.07. The summed E-state index contributed by atoms with van der Waals surface area (Å²) < 4.78 is 21.4. The van der Waals surface area contributed by atoms with Crippen LogP contribution in [0, 0.1) is 34.5 Å². The lowest BCUT2D eigenvalue weighted by atomic mass is 9.52. The van der Waals surface area contributed by atoms with E-state index in [1.165, 1.54) is 0 Å². The second kappa shape index (κ2) is 7.74. The van der Waals surface area contributed by atoms with Gasteiger partial charge in [0.1, 0.15) is 17.6 Å². The summed E-state index contributed by atoms with van der Waals surface area (Å²) in [6, 6.07) is 13.1. The summed E-state index contributed by atoms with van der Waals surface area (Å²) in [6.45, 7) is 3.41. The number of aliphatic hydroxyl groups is 1. The molecule has 1 aromatic heterocycles. The topological polar surface area (TPSA) is 112 Å². The van der Waals surface area contributed by atoms with E-state index in [4.69, 9.17) is 4.74 Å². The zero-order valence-corrected chi connectivity index (χ0v) is 18.7. The zero-order chi connectivity index (χ0) is 24.3. The molecule has 34 heavy (non-hydrogen) atoms. The predicted octanol–water partition coefficient (Wildman–Crippen LogP) is 2.99. The van der Waals surface area contributed by atoms with Crippen LogP contribution in [0.5, 0.6) is 0 Å². The lowest BCUT2D eigenvalue weighted by Crippen LogP contribution is -2.72. The van der Waals surface area contributed by atoms with E-state index in [0.29, 0.717) is 11.3 Å². The maximum Gasteiger partial charge on any atom is 0.316 e. The molecule has 1 aromatic carbocycles. The van der Waals surface area contributed by atoms with Crippen LogP contribution in [-0.2, 0) is 14.3 Å². The minimum Gasteiger partial charge on any atom is -0.462 e. The van der Waals surface area contributed by atoms with Gasteiger partial charge in [-0.05, 0) is 31.1 Å². The molecule has 2 bridgehead atoms. The molecule has 3 fully saturated rings. The molecule has 5 rings (SSSR count). The molecule has 7 atom stereocenters. The van der Waals surface area contributed by atoms with Crippen LogP contribution < -0.4 is 5.32 Å². The molecule has 2 saturated heterocycles. The molecule has 2 unspecified atom stereocenters. The van der Waals surface area contributed by atoms with Gasteiger partial charge in [0.05, 0.1) is 17.3 Å². The second-order valence-electron chi connectivity index (χ2n) is 9.46. The van der Waals surface area contributed by atoms with Crippen molar-refractivity contribution in [3.8, 4) is 17.2 Å². The summed E-state index contributed by atoms with van der Waals surface area (Å²) in [5.41, 5.74) is 1.13. The van der Waals surface area contributed by atoms with Crippen LogP contribution in [0.3, 0.4) is 0 Å². The van der Waals surface area contributed by atoms with Gasteiger partial charge in [0, 0.05) is 35.6 Å². The molecule has 0 radical (unpaired) electrons. The van der Waals surface area contributed by atoms with Gasteiger partial charge in [-0.2, -0.15) is 5.26 Å². The normalized spacial score (nSPS) is 36.5. The highest BCUT2D eigenvalue weighted by Crippen LogP contribution is 2.61. The lowest BCUT2D eigenvalue weighted by molar-refractivity contribution is -0.194. The number of fused-ring (bicyclic) bond motifs is 1.